The molecular formula is C22H19ClO6. The summed E-state index contributed by atoms with van der Waals surface area (Å²) in [6.45, 7) is -0.0356. The van der Waals surface area contributed by atoms with Crippen LogP contribution in [0.15, 0.2) is 57.7 Å². The lowest BCUT2D eigenvalue weighted by Gasteiger charge is -2.40. The van der Waals surface area contributed by atoms with Crippen molar-refractivity contribution in [2.24, 2.45) is 0 Å². The maximum absolute atomic E-state index is 12.4. The Morgan fingerprint density at radius 1 is 1.17 bits per heavy atom. The number of fused-ring (bicyclic) bond motifs is 1. The Hall–Kier alpha value is -2.83. The van der Waals surface area contributed by atoms with Crippen molar-refractivity contribution in [2.45, 2.75) is 24.9 Å². The maximum atomic E-state index is 12.4. The van der Waals surface area contributed by atoms with E-state index in [-0.39, 0.29) is 12.0 Å². The third-order valence-corrected chi connectivity index (χ3v) is 5.41. The van der Waals surface area contributed by atoms with Gasteiger partial charge in [-0.25, -0.2) is 4.79 Å². The van der Waals surface area contributed by atoms with E-state index in [1.807, 2.05) is 0 Å². The van der Waals surface area contributed by atoms with E-state index in [1.165, 1.54) is 6.07 Å². The normalized spacial score (nSPS) is 15.1. The number of hydrogen-bond donors (Lipinski definition) is 1. The molecule has 0 atom stereocenters. The molecule has 1 N–H and O–H groups in total. The molecule has 1 fully saturated rings. The molecule has 0 spiro atoms. The van der Waals surface area contributed by atoms with Gasteiger partial charge in [0.1, 0.15) is 30.3 Å². The quantitative estimate of drug-likeness (QED) is 0.611. The van der Waals surface area contributed by atoms with E-state index < -0.39 is 11.6 Å². The van der Waals surface area contributed by atoms with Gasteiger partial charge in [-0.1, -0.05) is 17.7 Å². The van der Waals surface area contributed by atoms with Crippen LogP contribution in [0.3, 0.4) is 0 Å². The lowest BCUT2D eigenvalue weighted by atomic mass is 9.80. The molecule has 4 rings (SSSR count). The Balaban J connectivity index is 1.50. The molecule has 0 aliphatic heterocycles. The summed E-state index contributed by atoms with van der Waals surface area (Å²) in [6.07, 6.45) is 2.55. The molecular weight excluding hydrogens is 396 g/mol. The van der Waals surface area contributed by atoms with Crippen molar-refractivity contribution in [1.29, 1.82) is 0 Å². The molecule has 150 valence electrons. The number of benzene rings is 2. The zero-order valence-corrected chi connectivity index (χ0v) is 16.3. The van der Waals surface area contributed by atoms with Crippen LogP contribution in [-0.2, 0) is 9.53 Å². The molecule has 1 heterocycles. The Morgan fingerprint density at radius 3 is 2.59 bits per heavy atom. The van der Waals surface area contributed by atoms with Crippen LogP contribution in [0.2, 0.25) is 5.02 Å². The first-order valence-electron chi connectivity index (χ1n) is 9.27. The van der Waals surface area contributed by atoms with E-state index in [0.717, 1.165) is 24.8 Å². The summed E-state index contributed by atoms with van der Waals surface area (Å²) in [5, 5.41) is 9.64. The number of aliphatic carboxylic acids is 1. The summed E-state index contributed by atoms with van der Waals surface area (Å²) in [6, 6.07) is 13.6. The third-order valence-electron chi connectivity index (χ3n) is 5.11. The number of ether oxygens (including phenoxy) is 2. The molecule has 0 amide bonds. The highest BCUT2D eigenvalue weighted by Crippen LogP contribution is 2.36. The standard InChI is InChI=1S/C22H19ClO6/c23-17-4-1-3-16-18(24)11-19(29-21(16)17)14-5-7-15(8-6-14)27-13-22(9-2-10-22)28-12-20(25)26/h1,3-8,11H,2,9-10,12-13H2,(H,25,26). The number of hydrogen-bond acceptors (Lipinski definition) is 5. The highest BCUT2D eigenvalue weighted by atomic mass is 35.5. The Bertz CT molecular complexity index is 1100. The van der Waals surface area contributed by atoms with Crippen molar-refractivity contribution >= 4 is 28.5 Å². The van der Waals surface area contributed by atoms with E-state index >= 15 is 0 Å². The molecule has 0 bridgehead atoms. The van der Waals surface area contributed by atoms with Gasteiger partial charge in [0.2, 0.25) is 0 Å². The molecule has 2 aromatic carbocycles. The first kappa shape index (κ1) is 19.5. The average molecular weight is 415 g/mol. The molecule has 0 unspecified atom stereocenters. The summed E-state index contributed by atoms with van der Waals surface area (Å²) in [7, 11) is 0. The Kier molecular flexibility index (Phi) is 5.30. The SMILES string of the molecule is O=C(O)COC1(COc2ccc(-c3cc(=O)c4cccc(Cl)c4o3)cc2)CCC1. The fourth-order valence-corrected chi connectivity index (χ4v) is 3.54. The fourth-order valence-electron chi connectivity index (χ4n) is 3.33. The number of carboxylic acid groups (broad SMARTS) is 1. The Labute approximate surface area is 171 Å². The van der Waals surface area contributed by atoms with Crippen LogP contribution in [0.25, 0.3) is 22.3 Å². The lowest BCUT2D eigenvalue weighted by Crippen LogP contribution is -2.46. The van der Waals surface area contributed by atoms with Crippen molar-refractivity contribution in [1.82, 2.24) is 0 Å². The van der Waals surface area contributed by atoms with Crippen LogP contribution in [0, 0.1) is 0 Å². The smallest absolute Gasteiger partial charge is 0.329 e. The Morgan fingerprint density at radius 2 is 1.93 bits per heavy atom. The third kappa shape index (κ3) is 4.13. The highest BCUT2D eigenvalue weighted by molar-refractivity contribution is 6.34. The second-order valence-electron chi connectivity index (χ2n) is 7.12. The highest BCUT2D eigenvalue weighted by Gasteiger charge is 2.39. The second-order valence-corrected chi connectivity index (χ2v) is 7.53. The minimum atomic E-state index is -0.988. The molecule has 29 heavy (non-hydrogen) atoms. The van der Waals surface area contributed by atoms with Crippen molar-refractivity contribution in [3.05, 3.63) is 63.8 Å². The number of rotatable bonds is 7. The second kappa shape index (κ2) is 7.89. The largest absolute Gasteiger partial charge is 0.491 e. The zero-order chi connectivity index (χ0) is 20.4. The molecule has 1 aromatic heterocycles. The van der Waals surface area contributed by atoms with Crippen LogP contribution >= 0.6 is 11.6 Å². The maximum Gasteiger partial charge on any atom is 0.329 e. The van der Waals surface area contributed by atoms with Crippen molar-refractivity contribution < 1.29 is 23.8 Å². The molecule has 3 aromatic rings. The molecule has 0 radical (unpaired) electrons. The lowest BCUT2D eigenvalue weighted by molar-refractivity contribution is -0.162. The van der Waals surface area contributed by atoms with Crippen LogP contribution < -0.4 is 10.2 Å². The molecule has 1 aliphatic rings. The number of carboxylic acids is 1. The van der Waals surface area contributed by atoms with Gasteiger partial charge in [0.25, 0.3) is 0 Å². The van der Waals surface area contributed by atoms with Gasteiger partial charge in [-0.3, -0.25) is 4.79 Å². The van der Waals surface area contributed by atoms with Gasteiger partial charge >= 0.3 is 5.97 Å². The molecule has 1 aliphatic carbocycles. The van der Waals surface area contributed by atoms with Crippen molar-refractivity contribution in [3.63, 3.8) is 0 Å². The summed E-state index contributed by atoms with van der Waals surface area (Å²) in [5.74, 6) is 0.0557. The van der Waals surface area contributed by atoms with Gasteiger partial charge in [0.05, 0.1) is 10.4 Å². The first-order chi connectivity index (χ1) is 14.0. The van der Waals surface area contributed by atoms with Crippen LogP contribution in [-0.4, -0.2) is 29.9 Å². The van der Waals surface area contributed by atoms with Crippen LogP contribution in [0.4, 0.5) is 0 Å². The summed E-state index contributed by atoms with van der Waals surface area (Å²) in [4.78, 5) is 23.1. The minimum Gasteiger partial charge on any atom is -0.491 e. The molecule has 1 saturated carbocycles. The summed E-state index contributed by atoms with van der Waals surface area (Å²) in [5.41, 5.74) is 0.390. The zero-order valence-electron chi connectivity index (χ0n) is 15.5. The summed E-state index contributed by atoms with van der Waals surface area (Å²) < 4.78 is 17.2. The molecule has 6 nitrogen and oxygen atoms in total. The van der Waals surface area contributed by atoms with E-state index in [1.54, 1.807) is 42.5 Å². The molecule has 7 heteroatoms. The van der Waals surface area contributed by atoms with Gasteiger partial charge in [0, 0.05) is 11.6 Å². The number of carbonyl (C=O) groups is 1. The van der Waals surface area contributed by atoms with Crippen molar-refractivity contribution in [2.75, 3.05) is 13.2 Å². The summed E-state index contributed by atoms with van der Waals surface area (Å²) >= 11 is 6.16. The van der Waals surface area contributed by atoms with Gasteiger partial charge < -0.3 is 19.0 Å². The van der Waals surface area contributed by atoms with E-state index in [4.69, 9.17) is 30.6 Å². The van der Waals surface area contributed by atoms with Gasteiger partial charge in [0.15, 0.2) is 11.0 Å². The topological polar surface area (TPSA) is 86.0 Å². The van der Waals surface area contributed by atoms with E-state index in [2.05, 4.69) is 0 Å². The average Bonchev–Trinajstić information content (AvgIpc) is 2.68. The van der Waals surface area contributed by atoms with Gasteiger partial charge in [-0.2, -0.15) is 0 Å². The van der Waals surface area contributed by atoms with E-state index in [9.17, 15) is 9.59 Å². The predicted molar refractivity (Wildman–Crippen MR) is 109 cm³/mol. The van der Waals surface area contributed by atoms with Crippen molar-refractivity contribution in [3.8, 4) is 17.1 Å². The fraction of sp³-hybridized carbons (Fsp3) is 0.273. The predicted octanol–water partition coefficient (Wildman–Crippen LogP) is 4.52. The van der Waals surface area contributed by atoms with Crippen LogP contribution in [0.1, 0.15) is 19.3 Å². The first-order valence-corrected chi connectivity index (χ1v) is 9.65. The molecule has 0 saturated heterocycles. The monoisotopic (exact) mass is 414 g/mol. The van der Waals surface area contributed by atoms with E-state index in [0.29, 0.717) is 34.1 Å². The minimum absolute atomic E-state index is 0.161. The van der Waals surface area contributed by atoms with Crippen LogP contribution in [0.5, 0.6) is 5.75 Å². The van der Waals surface area contributed by atoms with Gasteiger partial charge in [-0.05, 0) is 55.7 Å². The number of halogens is 1. The van der Waals surface area contributed by atoms with Gasteiger partial charge in [-0.15, -0.1) is 0 Å². The number of para-hydroxylation sites is 1.